The van der Waals surface area contributed by atoms with E-state index in [4.69, 9.17) is 0 Å². The Kier molecular flexibility index (Phi) is 3.77. The van der Waals surface area contributed by atoms with Crippen molar-refractivity contribution < 1.29 is 4.39 Å². The van der Waals surface area contributed by atoms with Gasteiger partial charge in [0.1, 0.15) is 5.82 Å². The fourth-order valence-corrected chi connectivity index (χ4v) is 1.52. The van der Waals surface area contributed by atoms with Gasteiger partial charge in [-0.1, -0.05) is 19.1 Å². The molecule has 0 amide bonds. The van der Waals surface area contributed by atoms with E-state index in [0.29, 0.717) is 13.1 Å². The lowest BCUT2D eigenvalue weighted by Crippen LogP contribution is -2.17. The van der Waals surface area contributed by atoms with E-state index in [9.17, 15) is 4.39 Å². The maximum atomic E-state index is 13.0. The standard InChI is InChI=1S/C11H14FN5/c1-2-13-7-11-14-15-16-17(11)8-9-4-3-5-10(12)6-9/h3-6,13H,2,7-8H2,1H3. The Morgan fingerprint density at radius 1 is 1.41 bits per heavy atom. The third kappa shape index (κ3) is 3.07. The number of tetrazole rings is 1. The van der Waals surface area contributed by atoms with Crippen LogP contribution in [0.3, 0.4) is 0 Å². The van der Waals surface area contributed by atoms with Crippen molar-refractivity contribution >= 4 is 0 Å². The zero-order valence-electron chi connectivity index (χ0n) is 9.60. The van der Waals surface area contributed by atoms with Crippen LogP contribution in [0.25, 0.3) is 0 Å². The van der Waals surface area contributed by atoms with E-state index in [1.807, 2.05) is 13.0 Å². The van der Waals surface area contributed by atoms with Gasteiger partial charge in [0, 0.05) is 0 Å². The molecule has 17 heavy (non-hydrogen) atoms. The zero-order valence-corrected chi connectivity index (χ0v) is 9.60. The van der Waals surface area contributed by atoms with Crippen LogP contribution in [0.15, 0.2) is 24.3 Å². The van der Waals surface area contributed by atoms with E-state index in [0.717, 1.165) is 17.9 Å². The molecule has 0 aliphatic rings. The molecule has 1 heterocycles. The number of nitrogens with one attached hydrogen (secondary N) is 1. The summed E-state index contributed by atoms with van der Waals surface area (Å²) in [4.78, 5) is 0. The molecule has 0 atom stereocenters. The molecule has 0 bridgehead atoms. The Balaban J connectivity index is 2.10. The van der Waals surface area contributed by atoms with Crippen LogP contribution >= 0.6 is 0 Å². The predicted octanol–water partition coefficient (Wildman–Crippen LogP) is 0.970. The molecule has 90 valence electrons. The molecule has 0 spiro atoms. The number of aromatic nitrogens is 4. The second-order valence-electron chi connectivity index (χ2n) is 3.66. The van der Waals surface area contributed by atoms with Crippen LogP contribution in [0.2, 0.25) is 0 Å². The van der Waals surface area contributed by atoms with Crippen molar-refractivity contribution in [3.05, 3.63) is 41.5 Å². The Labute approximate surface area is 98.6 Å². The predicted molar refractivity (Wildman–Crippen MR) is 60.7 cm³/mol. The molecule has 0 fully saturated rings. The molecule has 0 saturated heterocycles. The highest BCUT2D eigenvalue weighted by Crippen LogP contribution is 2.06. The van der Waals surface area contributed by atoms with Crippen LogP contribution in [0.4, 0.5) is 4.39 Å². The van der Waals surface area contributed by atoms with Crippen molar-refractivity contribution in [1.29, 1.82) is 0 Å². The van der Waals surface area contributed by atoms with E-state index in [1.165, 1.54) is 12.1 Å². The van der Waals surface area contributed by atoms with E-state index >= 15 is 0 Å². The molecule has 5 nitrogen and oxygen atoms in total. The van der Waals surface area contributed by atoms with Crippen molar-refractivity contribution in [3.8, 4) is 0 Å². The van der Waals surface area contributed by atoms with Crippen LogP contribution in [-0.2, 0) is 13.1 Å². The van der Waals surface area contributed by atoms with Gasteiger partial charge in [-0.05, 0) is 34.7 Å². The van der Waals surface area contributed by atoms with Crippen molar-refractivity contribution in [1.82, 2.24) is 25.5 Å². The average molecular weight is 235 g/mol. The summed E-state index contributed by atoms with van der Waals surface area (Å²) < 4.78 is 14.7. The van der Waals surface area contributed by atoms with Crippen molar-refractivity contribution in [2.75, 3.05) is 6.54 Å². The Morgan fingerprint density at radius 2 is 2.29 bits per heavy atom. The Bertz CT molecular complexity index is 482. The zero-order chi connectivity index (χ0) is 12.1. The quantitative estimate of drug-likeness (QED) is 0.839. The van der Waals surface area contributed by atoms with Gasteiger partial charge < -0.3 is 5.32 Å². The molecule has 0 unspecified atom stereocenters. The van der Waals surface area contributed by atoms with Crippen LogP contribution in [0.1, 0.15) is 18.3 Å². The second kappa shape index (κ2) is 5.49. The van der Waals surface area contributed by atoms with Crippen molar-refractivity contribution in [3.63, 3.8) is 0 Å². The SMILES string of the molecule is CCNCc1nnnn1Cc1cccc(F)c1. The first-order chi connectivity index (χ1) is 8.29. The van der Waals surface area contributed by atoms with Gasteiger partial charge in [-0.25, -0.2) is 9.07 Å². The highest BCUT2D eigenvalue weighted by Gasteiger charge is 2.06. The van der Waals surface area contributed by atoms with Crippen LogP contribution in [-0.4, -0.2) is 26.8 Å². The minimum Gasteiger partial charge on any atom is -0.310 e. The normalized spacial score (nSPS) is 10.7. The topological polar surface area (TPSA) is 55.6 Å². The molecule has 6 heteroatoms. The number of hydrogen-bond acceptors (Lipinski definition) is 4. The van der Waals surface area contributed by atoms with Crippen LogP contribution < -0.4 is 5.32 Å². The molecule has 1 aromatic carbocycles. The van der Waals surface area contributed by atoms with Gasteiger partial charge in [0.05, 0.1) is 13.1 Å². The first-order valence-electron chi connectivity index (χ1n) is 5.50. The van der Waals surface area contributed by atoms with E-state index in [1.54, 1.807) is 10.7 Å². The molecule has 0 aliphatic carbocycles. The fraction of sp³-hybridized carbons (Fsp3) is 0.364. The third-order valence-corrected chi connectivity index (χ3v) is 2.36. The van der Waals surface area contributed by atoms with Crippen LogP contribution in [0, 0.1) is 5.82 Å². The summed E-state index contributed by atoms with van der Waals surface area (Å²) in [5, 5.41) is 14.6. The summed E-state index contributed by atoms with van der Waals surface area (Å²) in [6.07, 6.45) is 0. The number of hydrogen-bond donors (Lipinski definition) is 1. The van der Waals surface area contributed by atoms with Gasteiger partial charge in [0.15, 0.2) is 5.82 Å². The lowest BCUT2D eigenvalue weighted by atomic mass is 10.2. The minimum atomic E-state index is -0.246. The van der Waals surface area contributed by atoms with Crippen molar-refractivity contribution in [2.24, 2.45) is 0 Å². The van der Waals surface area contributed by atoms with Crippen molar-refractivity contribution in [2.45, 2.75) is 20.0 Å². The maximum Gasteiger partial charge on any atom is 0.165 e. The highest BCUT2D eigenvalue weighted by atomic mass is 19.1. The van der Waals surface area contributed by atoms with Gasteiger partial charge in [-0.2, -0.15) is 0 Å². The van der Waals surface area contributed by atoms with Gasteiger partial charge in [0.25, 0.3) is 0 Å². The number of rotatable bonds is 5. The average Bonchev–Trinajstić information content (AvgIpc) is 2.74. The Hall–Kier alpha value is -1.82. The number of nitrogens with zero attached hydrogens (tertiary/aromatic N) is 4. The molecular formula is C11H14FN5. The molecule has 0 saturated carbocycles. The molecule has 1 aromatic heterocycles. The minimum absolute atomic E-state index is 0.246. The smallest absolute Gasteiger partial charge is 0.165 e. The fourth-order valence-electron chi connectivity index (χ4n) is 1.52. The summed E-state index contributed by atoms with van der Waals surface area (Å²) in [6, 6.07) is 6.43. The van der Waals surface area contributed by atoms with E-state index < -0.39 is 0 Å². The monoisotopic (exact) mass is 235 g/mol. The summed E-state index contributed by atoms with van der Waals surface area (Å²) in [6.45, 7) is 3.96. The van der Waals surface area contributed by atoms with Crippen LogP contribution in [0.5, 0.6) is 0 Å². The second-order valence-corrected chi connectivity index (χ2v) is 3.66. The third-order valence-electron chi connectivity index (χ3n) is 2.36. The largest absolute Gasteiger partial charge is 0.310 e. The molecule has 1 N–H and O–H groups in total. The molecule has 0 aliphatic heterocycles. The van der Waals surface area contributed by atoms with Gasteiger partial charge in [-0.3, -0.25) is 0 Å². The molecule has 2 aromatic rings. The number of halogens is 1. The lowest BCUT2D eigenvalue weighted by Gasteiger charge is -2.05. The molecule has 0 radical (unpaired) electrons. The van der Waals surface area contributed by atoms with E-state index in [2.05, 4.69) is 20.8 Å². The van der Waals surface area contributed by atoms with Gasteiger partial charge in [0.2, 0.25) is 0 Å². The summed E-state index contributed by atoms with van der Waals surface area (Å²) in [7, 11) is 0. The highest BCUT2D eigenvalue weighted by molar-refractivity contribution is 5.16. The van der Waals surface area contributed by atoms with E-state index in [-0.39, 0.29) is 5.82 Å². The lowest BCUT2D eigenvalue weighted by molar-refractivity contribution is 0.581. The molecule has 2 rings (SSSR count). The first kappa shape index (κ1) is 11.7. The maximum absolute atomic E-state index is 13.0. The Morgan fingerprint density at radius 3 is 3.06 bits per heavy atom. The first-order valence-corrected chi connectivity index (χ1v) is 5.50. The number of benzene rings is 1. The molecular weight excluding hydrogens is 221 g/mol. The summed E-state index contributed by atoms with van der Waals surface area (Å²) in [5.74, 6) is 0.500. The summed E-state index contributed by atoms with van der Waals surface area (Å²) in [5.41, 5.74) is 0.843. The summed E-state index contributed by atoms with van der Waals surface area (Å²) >= 11 is 0. The van der Waals surface area contributed by atoms with Gasteiger partial charge >= 0.3 is 0 Å². The van der Waals surface area contributed by atoms with Gasteiger partial charge in [-0.15, -0.1) is 5.10 Å².